The summed E-state index contributed by atoms with van der Waals surface area (Å²) in [7, 11) is 0. The molecule has 3 unspecified atom stereocenters. The van der Waals surface area contributed by atoms with Gasteiger partial charge in [0.15, 0.2) is 5.76 Å². The van der Waals surface area contributed by atoms with Gasteiger partial charge in [-0.1, -0.05) is 0 Å². The molecule has 2 aromatic rings. The van der Waals surface area contributed by atoms with Crippen LogP contribution in [0.5, 0.6) is 0 Å². The molecular formula is C18H20N2O4. The van der Waals surface area contributed by atoms with Crippen LogP contribution in [0.3, 0.4) is 0 Å². The summed E-state index contributed by atoms with van der Waals surface area (Å²) < 4.78 is 17.4. The quantitative estimate of drug-likeness (QED) is 0.861. The number of carbonyl (C=O) groups is 1. The van der Waals surface area contributed by atoms with E-state index in [1.807, 2.05) is 17.0 Å². The molecule has 126 valence electrons. The Bertz CT molecular complexity index is 674. The minimum absolute atomic E-state index is 0.0249. The Morgan fingerprint density at radius 3 is 2.96 bits per heavy atom. The van der Waals surface area contributed by atoms with Crippen molar-refractivity contribution in [1.82, 2.24) is 9.88 Å². The lowest BCUT2D eigenvalue weighted by Crippen LogP contribution is -2.46. The third-order valence-electron chi connectivity index (χ3n) is 4.74. The van der Waals surface area contributed by atoms with Crippen LogP contribution in [-0.2, 0) is 16.1 Å². The molecule has 0 radical (unpaired) electrons. The first-order chi connectivity index (χ1) is 11.8. The Kier molecular flexibility index (Phi) is 4.32. The molecule has 1 amide bonds. The van der Waals surface area contributed by atoms with Crippen LogP contribution in [-0.4, -0.2) is 47.2 Å². The summed E-state index contributed by atoms with van der Waals surface area (Å²) in [5.74, 6) is 0.280. The van der Waals surface area contributed by atoms with E-state index in [9.17, 15) is 4.79 Å². The Labute approximate surface area is 140 Å². The standard InChI is InChI=1S/C18H20N2O4/c21-18(16-2-1-10-22-16)20-9-11-23-15-4-3-14(20)17(15)24-12-13-5-7-19-8-6-13/h1-2,5-8,10,14-15,17H,3-4,9,11-12H2. The predicted molar refractivity (Wildman–Crippen MR) is 85.3 cm³/mol. The molecule has 3 atom stereocenters. The summed E-state index contributed by atoms with van der Waals surface area (Å²) in [6.45, 7) is 1.59. The highest BCUT2D eigenvalue weighted by atomic mass is 16.5. The van der Waals surface area contributed by atoms with E-state index in [4.69, 9.17) is 13.9 Å². The molecule has 0 spiro atoms. The number of nitrogens with zero attached hydrogens (tertiary/aromatic N) is 2. The van der Waals surface area contributed by atoms with Crippen molar-refractivity contribution in [3.05, 3.63) is 54.2 Å². The average Bonchev–Trinajstić information content (AvgIpc) is 3.22. The summed E-state index contributed by atoms with van der Waals surface area (Å²) in [4.78, 5) is 18.6. The topological polar surface area (TPSA) is 64.8 Å². The molecular weight excluding hydrogens is 308 g/mol. The highest BCUT2D eigenvalue weighted by Gasteiger charge is 2.45. The molecule has 6 heteroatoms. The van der Waals surface area contributed by atoms with Gasteiger partial charge in [-0.3, -0.25) is 9.78 Å². The van der Waals surface area contributed by atoms with Crippen LogP contribution in [0, 0.1) is 0 Å². The summed E-state index contributed by atoms with van der Waals surface area (Å²) in [5, 5.41) is 0. The van der Waals surface area contributed by atoms with E-state index in [-0.39, 0.29) is 24.2 Å². The lowest BCUT2D eigenvalue weighted by atomic mass is 10.1. The van der Waals surface area contributed by atoms with Crippen LogP contribution in [0.2, 0.25) is 0 Å². The second kappa shape index (κ2) is 6.75. The molecule has 2 fully saturated rings. The number of rotatable bonds is 4. The second-order valence-corrected chi connectivity index (χ2v) is 6.16. The van der Waals surface area contributed by atoms with Crippen molar-refractivity contribution in [2.75, 3.05) is 13.2 Å². The molecule has 6 nitrogen and oxygen atoms in total. The summed E-state index contributed by atoms with van der Waals surface area (Å²) in [6.07, 6.45) is 6.76. The highest BCUT2D eigenvalue weighted by molar-refractivity contribution is 5.91. The summed E-state index contributed by atoms with van der Waals surface area (Å²) >= 11 is 0. The van der Waals surface area contributed by atoms with Crippen LogP contribution in [0.4, 0.5) is 0 Å². The molecule has 4 rings (SSSR count). The third-order valence-corrected chi connectivity index (χ3v) is 4.74. The zero-order valence-corrected chi connectivity index (χ0v) is 13.3. The number of amides is 1. The Balaban J connectivity index is 1.50. The van der Waals surface area contributed by atoms with Gasteiger partial charge in [0.1, 0.15) is 6.10 Å². The van der Waals surface area contributed by atoms with Gasteiger partial charge in [-0.2, -0.15) is 0 Å². The van der Waals surface area contributed by atoms with E-state index in [1.165, 1.54) is 6.26 Å². The first-order valence-electron chi connectivity index (χ1n) is 8.29. The number of furan rings is 1. The first-order valence-corrected chi connectivity index (χ1v) is 8.29. The van der Waals surface area contributed by atoms with Crippen LogP contribution < -0.4 is 0 Å². The maximum atomic E-state index is 12.7. The Hall–Kier alpha value is -2.18. The van der Waals surface area contributed by atoms with Crippen LogP contribution >= 0.6 is 0 Å². The van der Waals surface area contributed by atoms with E-state index in [2.05, 4.69) is 4.98 Å². The predicted octanol–water partition coefficient (Wildman–Crippen LogP) is 2.26. The van der Waals surface area contributed by atoms with Gasteiger partial charge in [-0.05, 0) is 42.7 Å². The molecule has 0 aromatic carbocycles. The fraction of sp³-hybridized carbons (Fsp3) is 0.444. The van der Waals surface area contributed by atoms with Gasteiger partial charge in [0, 0.05) is 18.9 Å². The number of pyridine rings is 1. The van der Waals surface area contributed by atoms with E-state index in [0.717, 1.165) is 18.4 Å². The molecule has 2 aliphatic rings. The molecule has 3 heterocycles. The summed E-state index contributed by atoms with van der Waals surface area (Å²) in [5.41, 5.74) is 1.07. The van der Waals surface area contributed by atoms with Gasteiger partial charge in [0.2, 0.25) is 0 Å². The maximum absolute atomic E-state index is 12.7. The normalized spacial score (nSPS) is 26.3. The molecule has 2 bridgehead atoms. The lowest BCUT2D eigenvalue weighted by molar-refractivity contribution is -0.0598. The fourth-order valence-corrected chi connectivity index (χ4v) is 3.57. The van der Waals surface area contributed by atoms with Crippen LogP contribution in [0.15, 0.2) is 47.3 Å². The monoisotopic (exact) mass is 328 g/mol. The smallest absolute Gasteiger partial charge is 0.289 e. The number of ether oxygens (including phenoxy) is 2. The molecule has 1 aliphatic heterocycles. The fourth-order valence-electron chi connectivity index (χ4n) is 3.57. The highest BCUT2D eigenvalue weighted by Crippen LogP contribution is 2.33. The minimum Gasteiger partial charge on any atom is -0.459 e. The van der Waals surface area contributed by atoms with E-state index in [0.29, 0.717) is 25.5 Å². The van der Waals surface area contributed by atoms with Crippen molar-refractivity contribution < 1.29 is 18.7 Å². The Morgan fingerprint density at radius 1 is 1.29 bits per heavy atom. The summed E-state index contributed by atoms with van der Waals surface area (Å²) in [6, 6.07) is 7.33. The van der Waals surface area contributed by atoms with Crippen LogP contribution in [0.1, 0.15) is 29.0 Å². The van der Waals surface area contributed by atoms with Gasteiger partial charge in [0.05, 0.1) is 31.6 Å². The van der Waals surface area contributed by atoms with Gasteiger partial charge in [0.25, 0.3) is 5.91 Å². The zero-order valence-electron chi connectivity index (χ0n) is 13.3. The van der Waals surface area contributed by atoms with E-state index in [1.54, 1.807) is 24.5 Å². The minimum atomic E-state index is -0.112. The molecule has 2 aromatic heterocycles. The van der Waals surface area contributed by atoms with Gasteiger partial charge in [-0.25, -0.2) is 0 Å². The van der Waals surface area contributed by atoms with Crippen LogP contribution in [0.25, 0.3) is 0 Å². The lowest BCUT2D eigenvalue weighted by Gasteiger charge is -2.30. The number of hydrogen-bond acceptors (Lipinski definition) is 5. The molecule has 0 N–H and O–H groups in total. The SMILES string of the molecule is O=C(c1ccco1)N1CCOC2CCC1C2OCc1ccncc1. The van der Waals surface area contributed by atoms with Crippen molar-refractivity contribution in [1.29, 1.82) is 0 Å². The van der Waals surface area contributed by atoms with Gasteiger partial charge >= 0.3 is 0 Å². The van der Waals surface area contributed by atoms with Crippen molar-refractivity contribution in [3.8, 4) is 0 Å². The van der Waals surface area contributed by atoms with Crippen molar-refractivity contribution in [2.24, 2.45) is 0 Å². The van der Waals surface area contributed by atoms with Crippen molar-refractivity contribution >= 4 is 5.91 Å². The number of hydrogen-bond donors (Lipinski definition) is 0. The largest absolute Gasteiger partial charge is 0.459 e. The number of fused-ring (bicyclic) bond motifs is 2. The van der Waals surface area contributed by atoms with E-state index >= 15 is 0 Å². The Morgan fingerprint density at radius 2 is 2.17 bits per heavy atom. The number of aromatic nitrogens is 1. The van der Waals surface area contributed by atoms with Gasteiger partial charge < -0.3 is 18.8 Å². The van der Waals surface area contributed by atoms with Crippen molar-refractivity contribution in [3.63, 3.8) is 0 Å². The average molecular weight is 328 g/mol. The second-order valence-electron chi connectivity index (χ2n) is 6.16. The maximum Gasteiger partial charge on any atom is 0.289 e. The zero-order chi connectivity index (χ0) is 16.4. The molecule has 1 aliphatic carbocycles. The first kappa shape index (κ1) is 15.4. The molecule has 1 saturated carbocycles. The van der Waals surface area contributed by atoms with Crippen molar-refractivity contribution in [2.45, 2.75) is 37.7 Å². The number of carbonyl (C=O) groups excluding carboxylic acids is 1. The van der Waals surface area contributed by atoms with E-state index < -0.39 is 0 Å². The third kappa shape index (κ3) is 2.95. The molecule has 24 heavy (non-hydrogen) atoms. The van der Waals surface area contributed by atoms with Gasteiger partial charge in [-0.15, -0.1) is 0 Å². The molecule has 1 saturated heterocycles.